The molecule has 18 heavy (non-hydrogen) atoms. The summed E-state index contributed by atoms with van der Waals surface area (Å²) in [6.07, 6.45) is 5.51. The molecular weight excluding hydrogens is 248 g/mol. The van der Waals surface area contributed by atoms with E-state index < -0.39 is 0 Å². The Morgan fingerprint density at radius 3 is 2.89 bits per heavy atom. The molecule has 96 valence electrons. The minimum Gasteiger partial charge on any atom is -0.352 e. The number of carbonyl (C=O) groups excluding carboxylic acids is 2. The summed E-state index contributed by atoms with van der Waals surface area (Å²) in [4.78, 5) is 25.4. The summed E-state index contributed by atoms with van der Waals surface area (Å²) < 4.78 is 0. The first-order valence-corrected chi connectivity index (χ1v) is 7.23. The third-order valence-electron chi connectivity index (χ3n) is 3.32. The highest BCUT2D eigenvalue weighted by Gasteiger charge is 2.23. The number of hydrogen-bond donors (Lipinski definition) is 2. The van der Waals surface area contributed by atoms with E-state index >= 15 is 0 Å². The van der Waals surface area contributed by atoms with Gasteiger partial charge in [-0.2, -0.15) is 0 Å². The predicted molar refractivity (Wildman–Crippen MR) is 69.8 cm³/mol. The smallest absolute Gasteiger partial charge is 0.261 e. The van der Waals surface area contributed by atoms with E-state index in [2.05, 4.69) is 10.6 Å². The van der Waals surface area contributed by atoms with Crippen LogP contribution in [0.2, 0.25) is 0 Å². The fourth-order valence-corrected chi connectivity index (χ4v) is 3.36. The first-order valence-electron chi connectivity index (χ1n) is 6.41. The van der Waals surface area contributed by atoms with E-state index in [1.165, 1.54) is 16.9 Å². The fraction of sp³-hybridized carbons (Fsp3) is 0.538. The quantitative estimate of drug-likeness (QED) is 0.859. The third kappa shape index (κ3) is 2.56. The van der Waals surface area contributed by atoms with Crippen LogP contribution in [0.15, 0.2) is 6.07 Å². The van der Waals surface area contributed by atoms with Crippen LogP contribution in [0.1, 0.15) is 39.4 Å². The molecule has 1 aromatic rings. The molecule has 2 amide bonds. The number of aryl methyl sites for hydroxylation is 2. The summed E-state index contributed by atoms with van der Waals surface area (Å²) >= 11 is 1.56. The lowest BCUT2D eigenvalue weighted by Gasteiger charge is -2.04. The van der Waals surface area contributed by atoms with Crippen LogP contribution in [0.4, 0.5) is 0 Å². The van der Waals surface area contributed by atoms with Crippen LogP contribution in [0.25, 0.3) is 0 Å². The van der Waals surface area contributed by atoms with Crippen LogP contribution in [-0.2, 0) is 17.6 Å². The zero-order valence-electron chi connectivity index (χ0n) is 10.1. The lowest BCUT2D eigenvalue weighted by atomic mass is 10.2. The van der Waals surface area contributed by atoms with Crippen molar-refractivity contribution in [1.82, 2.24) is 10.6 Å². The van der Waals surface area contributed by atoms with Crippen LogP contribution >= 0.6 is 11.3 Å². The van der Waals surface area contributed by atoms with Gasteiger partial charge in [0.25, 0.3) is 5.91 Å². The van der Waals surface area contributed by atoms with Gasteiger partial charge in [0.2, 0.25) is 5.91 Å². The highest BCUT2D eigenvalue weighted by Crippen LogP contribution is 2.30. The molecule has 5 heteroatoms. The van der Waals surface area contributed by atoms with Gasteiger partial charge in [0.05, 0.1) is 11.4 Å². The Bertz CT molecular complexity index is 470. The zero-order valence-corrected chi connectivity index (χ0v) is 10.9. The van der Waals surface area contributed by atoms with Gasteiger partial charge in [0, 0.05) is 10.9 Å². The van der Waals surface area contributed by atoms with Gasteiger partial charge in [-0.1, -0.05) is 0 Å². The molecule has 1 aromatic heterocycles. The highest BCUT2D eigenvalue weighted by molar-refractivity contribution is 7.14. The number of thiophene rings is 1. The molecule has 3 rings (SSSR count). The minimum atomic E-state index is -0.125. The van der Waals surface area contributed by atoms with Gasteiger partial charge in [-0.3, -0.25) is 9.59 Å². The van der Waals surface area contributed by atoms with Gasteiger partial charge in [0.1, 0.15) is 0 Å². The molecule has 2 aliphatic carbocycles. The minimum absolute atomic E-state index is 0.0813. The summed E-state index contributed by atoms with van der Waals surface area (Å²) in [6, 6.07) is 2.32. The highest BCUT2D eigenvalue weighted by atomic mass is 32.1. The predicted octanol–water partition coefficient (Wildman–Crippen LogP) is 1.25. The van der Waals surface area contributed by atoms with Crippen molar-refractivity contribution in [2.75, 3.05) is 6.54 Å². The second kappa shape index (κ2) is 4.72. The molecule has 2 aliphatic rings. The largest absolute Gasteiger partial charge is 0.352 e. The maximum Gasteiger partial charge on any atom is 0.261 e. The van der Waals surface area contributed by atoms with E-state index in [4.69, 9.17) is 0 Å². The van der Waals surface area contributed by atoms with Gasteiger partial charge in [-0.15, -0.1) is 11.3 Å². The lowest BCUT2D eigenvalue weighted by Crippen LogP contribution is -2.37. The fourth-order valence-electron chi connectivity index (χ4n) is 2.19. The molecular formula is C13H16N2O2S. The maximum absolute atomic E-state index is 11.9. The Morgan fingerprint density at radius 2 is 2.17 bits per heavy atom. The Hall–Kier alpha value is -1.36. The van der Waals surface area contributed by atoms with Crippen LogP contribution in [0, 0.1) is 0 Å². The van der Waals surface area contributed by atoms with Crippen molar-refractivity contribution in [2.45, 2.75) is 38.1 Å². The topological polar surface area (TPSA) is 58.2 Å². The number of amides is 2. The average molecular weight is 264 g/mol. The van der Waals surface area contributed by atoms with Crippen molar-refractivity contribution >= 4 is 23.2 Å². The normalized spacial score (nSPS) is 17.3. The average Bonchev–Trinajstić information content (AvgIpc) is 2.89. The summed E-state index contributed by atoms with van der Waals surface area (Å²) in [5.74, 6) is -0.213. The number of nitrogens with one attached hydrogen (secondary N) is 2. The van der Waals surface area contributed by atoms with Crippen molar-refractivity contribution in [2.24, 2.45) is 0 Å². The molecule has 0 spiro atoms. The van der Waals surface area contributed by atoms with Crippen molar-refractivity contribution in [1.29, 1.82) is 0 Å². The Kier molecular flexibility index (Phi) is 3.07. The molecule has 1 saturated carbocycles. The molecule has 2 N–H and O–H groups in total. The molecule has 1 fully saturated rings. The van der Waals surface area contributed by atoms with E-state index in [1.807, 2.05) is 6.07 Å². The van der Waals surface area contributed by atoms with E-state index in [9.17, 15) is 9.59 Å². The molecule has 0 bridgehead atoms. The SMILES string of the molecule is O=C(CNC(=O)c1cc2c(s1)CCC2)NC1CC1. The lowest BCUT2D eigenvalue weighted by molar-refractivity contribution is -0.120. The van der Waals surface area contributed by atoms with Gasteiger partial charge in [0.15, 0.2) is 0 Å². The Morgan fingerprint density at radius 1 is 1.33 bits per heavy atom. The second-order valence-electron chi connectivity index (χ2n) is 4.94. The van der Waals surface area contributed by atoms with Crippen LogP contribution < -0.4 is 10.6 Å². The summed E-state index contributed by atoms with van der Waals surface area (Å²) in [5.41, 5.74) is 1.31. The molecule has 0 radical (unpaired) electrons. The third-order valence-corrected chi connectivity index (χ3v) is 4.56. The number of hydrogen-bond acceptors (Lipinski definition) is 3. The van der Waals surface area contributed by atoms with E-state index in [0.29, 0.717) is 6.04 Å². The van der Waals surface area contributed by atoms with E-state index in [0.717, 1.165) is 30.6 Å². The van der Waals surface area contributed by atoms with Gasteiger partial charge in [-0.25, -0.2) is 0 Å². The molecule has 0 unspecified atom stereocenters. The first kappa shape index (κ1) is 11.7. The van der Waals surface area contributed by atoms with Crippen molar-refractivity contribution in [3.05, 3.63) is 21.4 Å². The zero-order chi connectivity index (χ0) is 12.5. The summed E-state index contributed by atoms with van der Waals surface area (Å²) in [5, 5.41) is 5.53. The number of fused-ring (bicyclic) bond motifs is 1. The van der Waals surface area contributed by atoms with Crippen LogP contribution in [0.3, 0.4) is 0 Å². The van der Waals surface area contributed by atoms with E-state index in [1.54, 1.807) is 11.3 Å². The molecule has 0 aliphatic heterocycles. The summed E-state index contributed by atoms with van der Waals surface area (Å²) in [6.45, 7) is 0.0813. The molecule has 0 atom stereocenters. The maximum atomic E-state index is 11.9. The molecule has 0 aromatic carbocycles. The van der Waals surface area contributed by atoms with E-state index in [-0.39, 0.29) is 18.4 Å². The summed E-state index contributed by atoms with van der Waals surface area (Å²) in [7, 11) is 0. The Balaban J connectivity index is 1.52. The van der Waals surface area contributed by atoms with Crippen molar-refractivity contribution in [3.63, 3.8) is 0 Å². The number of rotatable bonds is 4. The van der Waals surface area contributed by atoms with Crippen molar-refractivity contribution < 1.29 is 9.59 Å². The number of carbonyl (C=O) groups is 2. The van der Waals surface area contributed by atoms with Gasteiger partial charge in [-0.05, 0) is 43.7 Å². The van der Waals surface area contributed by atoms with Crippen molar-refractivity contribution in [3.8, 4) is 0 Å². The van der Waals surface area contributed by atoms with Gasteiger partial charge < -0.3 is 10.6 Å². The van der Waals surface area contributed by atoms with Crippen LogP contribution in [0.5, 0.6) is 0 Å². The molecule has 0 saturated heterocycles. The standard InChI is InChI=1S/C13H16N2O2S/c16-12(15-9-4-5-9)7-14-13(17)11-6-8-2-1-3-10(8)18-11/h6,9H,1-5,7H2,(H,14,17)(H,15,16). The molecule has 1 heterocycles. The van der Waals surface area contributed by atoms with Crippen LogP contribution in [-0.4, -0.2) is 24.4 Å². The Labute approximate surface area is 110 Å². The van der Waals surface area contributed by atoms with Gasteiger partial charge >= 0.3 is 0 Å². The second-order valence-corrected chi connectivity index (χ2v) is 6.07. The molecule has 4 nitrogen and oxygen atoms in total. The first-order chi connectivity index (χ1) is 8.72. The monoisotopic (exact) mass is 264 g/mol.